The van der Waals surface area contributed by atoms with Gasteiger partial charge in [0.15, 0.2) is 5.78 Å². The predicted molar refractivity (Wildman–Crippen MR) is 56.7 cm³/mol. The summed E-state index contributed by atoms with van der Waals surface area (Å²) in [6.07, 6.45) is 0. The minimum atomic E-state index is -1.08. The minimum Gasteiger partial charge on any atom is -0.480 e. The first-order valence-electron chi connectivity index (χ1n) is 4.85. The van der Waals surface area contributed by atoms with E-state index in [9.17, 15) is 9.59 Å². The maximum atomic E-state index is 11.7. The molecule has 3 nitrogen and oxygen atoms in total. The molecule has 0 radical (unpaired) electrons. The van der Waals surface area contributed by atoms with Gasteiger partial charge in [0.2, 0.25) is 0 Å². The molecule has 15 heavy (non-hydrogen) atoms. The smallest absolute Gasteiger partial charge is 0.318 e. The Kier molecular flexibility index (Phi) is 3.61. The Morgan fingerprint density at radius 1 is 1.13 bits per heavy atom. The number of hydrogen-bond acceptors (Lipinski definition) is 2. The summed E-state index contributed by atoms with van der Waals surface area (Å²) in [5, 5.41) is 9.03. The molecular formula is C12H14O3. The van der Waals surface area contributed by atoms with E-state index in [0.717, 1.165) is 0 Å². The SMILES string of the molecule is CC(C)C(=O)C(C(=O)O)c1ccccc1. The van der Waals surface area contributed by atoms with Crippen LogP contribution in [-0.2, 0) is 9.59 Å². The van der Waals surface area contributed by atoms with E-state index in [0.29, 0.717) is 5.56 Å². The van der Waals surface area contributed by atoms with Gasteiger partial charge in [0.05, 0.1) is 0 Å². The molecule has 1 aromatic rings. The van der Waals surface area contributed by atoms with Crippen LogP contribution >= 0.6 is 0 Å². The molecule has 0 bridgehead atoms. The molecule has 0 fully saturated rings. The predicted octanol–water partition coefficient (Wildman–Crippen LogP) is 2.08. The molecule has 1 aromatic carbocycles. The van der Waals surface area contributed by atoms with Crippen LogP contribution in [0.5, 0.6) is 0 Å². The van der Waals surface area contributed by atoms with Crippen molar-refractivity contribution in [2.75, 3.05) is 0 Å². The minimum absolute atomic E-state index is 0.256. The zero-order valence-electron chi connectivity index (χ0n) is 8.81. The summed E-state index contributed by atoms with van der Waals surface area (Å²) >= 11 is 0. The van der Waals surface area contributed by atoms with Crippen LogP contribution in [0.25, 0.3) is 0 Å². The lowest BCUT2D eigenvalue weighted by Crippen LogP contribution is -2.25. The van der Waals surface area contributed by atoms with Crippen LogP contribution in [0.15, 0.2) is 30.3 Å². The van der Waals surface area contributed by atoms with Crippen LogP contribution in [0.1, 0.15) is 25.3 Å². The van der Waals surface area contributed by atoms with E-state index < -0.39 is 11.9 Å². The molecule has 0 aliphatic rings. The highest BCUT2D eigenvalue weighted by Gasteiger charge is 2.29. The second kappa shape index (κ2) is 4.73. The number of carboxylic acid groups (broad SMARTS) is 1. The number of benzene rings is 1. The average Bonchev–Trinajstić information content (AvgIpc) is 2.18. The van der Waals surface area contributed by atoms with Crippen molar-refractivity contribution in [2.24, 2.45) is 5.92 Å². The number of ketones is 1. The molecule has 0 saturated heterocycles. The van der Waals surface area contributed by atoms with Crippen LogP contribution in [-0.4, -0.2) is 16.9 Å². The van der Waals surface area contributed by atoms with Crippen molar-refractivity contribution in [3.8, 4) is 0 Å². The number of carbonyl (C=O) groups is 2. The fraction of sp³-hybridized carbons (Fsp3) is 0.333. The fourth-order valence-corrected chi connectivity index (χ4v) is 1.41. The topological polar surface area (TPSA) is 54.4 Å². The first-order chi connectivity index (χ1) is 7.04. The van der Waals surface area contributed by atoms with Gasteiger partial charge < -0.3 is 5.11 Å². The number of aliphatic carboxylic acids is 1. The van der Waals surface area contributed by atoms with E-state index >= 15 is 0 Å². The lowest BCUT2D eigenvalue weighted by atomic mass is 9.89. The Labute approximate surface area is 88.7 Å². The zero-order valence-corrected chi connectivity index (χ0v) is 8.81. The second-order valence-electron chi connectivity index (χ2n) is 3.74. The Hall–Kier alpha value is -1.64. The average molecular weight is 206 g/mol. The first kappa shape index (κ1) is 11.4. The third-order valence-corrected chi connectivity index (χ3v) is 2.23. The summed E-state index contributed by atoms with van der Waals surface area (Å²) < 4.78 is 0. The monoisotopic (exact) mass is 206 g/mol. The molecular weight excluding hydrogens is 192 g/mol. The molecule has 3 heteroatoms. The van der Waals surface area contributed by atoms with Gasteiger partial charge in [-0.3, -0.25) is 9.59 Å². The van der Waals surface area contributed by atoms with E-state index in [1.807, 2.05) is 0 Å². The molecule has 1 rings (SSSR count). The molecule has 0 heterocycles. The molecule has 80 valence electrons. The Balaban J connectivity index is 3.05. The van der Waals surface area contributed by atoms with Crippen molar-refractivity contribution < 1.29 is 14.7 Å². The largest absolute Gasteiger partial charge is 0.480 e. The molecule has 1 N–H and O–H groups in total. The number of rotatable bonds is 4. The lowest BCUT2D eigenvalue weighted by molar-refractivity contribution is -0.143. The summed E-state index contributed by atoms with van der Waals surface area (Å²) in [4.78, 5) is 22.7. The molecule has 0 saturated carbocycles. The Morgan fingerprint density at radius 2 is 1.67 bits per heavy atom. The van der Waals surface area contributed by atoms with E-state index in [1.54, 1.807) is 44.2 Å². The maximum Gasteiger partial charge on any atom is 0.318 e. The zero-order chi connectivity index (χ0) is 11.4. The van der Waals surface area contributed by atoms with Crippen LogP contribution in [0.4, 0.5) is 0 Å². The third kappa shape index (κ3) is 2.65. The number of Topliss-reactive ketones (excluding diaryl/α,β-unsaturated/α-hetero) is 1. The summed E-state index contributed by atoms with van der Waals surface area (Å²) in [7, 11) is 0. The van der Waals surface area contributed by atoms with Gasteiger partial charge in [-0.2, -0.15) is 0 Å². The van der Waals surface area contributed by atoms with Gasteiger partial charge in [-0.1, -0.05) is 44.2 Å². The van der Waals surface area contributed by atoms with Crippen LogP contribution in [0.2, 0.25) is 0 Å². The van der Waals surface area contributed by atoms with Crippen molar-refractivity contribution in [2.45, 2.75) is 19.8 Å². The highest BCUT2D eigenvalue weighted by atomic mass is 16.4. The summed E-state index contributed by atoms with van der Waals surface area (Å²) in [6, 6.07) is 8.60. The van der Waals surface area contributed by atoms with E-state index in [-0.39, 0.29) is 11.7 Å². The number of carboxylic acids is 1. The molecule has 0 spiro atoms. The molecule has 0 aliphatic carbocycles. The van der Waals surface area contributed by atoms with Gasteiger partial charge in [-0.05, 0) is 5.56 Å². The van der Waals surface area contributed by atoms with E-state index in [2.05, 4.69) is 0 Å². The highest BCUT2D eigenvalue weighted by Crippen LogP contribution is 2.20. The Morgan fingerprint density at radius 3 is 2.07 bits per heavy atom. The van der Waals surface area contributed by atoms with Gasteiger partial charge in [0.25, 0.3) is 0 Å². The van der Waals surface area contributed by atoms with Gasteiger partial charge in [0, 0.05) is 5.92 Å². The van der Waals surface area contributed by atoms with Crippen molar-refractivity contribution in [3.05, 3.63) is 35.9 Å². The highest BCUT2D eigenvalue weighted by molar-refractivity contribution is 6.04. The summed E-state index contributed by atoms with van der Waals surface area (Å²) in [5.74, 6) is -2.65. The quantitative estimate of drug-likeness (QED) is 0.767. The standard InChI is InChI=1S/C12H14O3/c1-8(2)11(13)10(12(14)15)9-6-4-3-5-7-9/h3-8,10H,1-2H3,(H,14,15). The van der Waals surface area contributed by atoms with Gasteiger partial charge >= 0.3 is 5.97 Å². The normalized spacial score (nSPS) is 12.5. The van der Waals surface area contributed by atoms with Gasteiger partial charge in [-0.15, -0.1) is 0 Å². The summed E-state index contributed by atoms with van der Waals surface area (Å²) in [6.45, 7) is 3.42. The maximum absolute atomic E-state index is 11.7. The van der Waals surface area contributed by atoms with Gasteiger partial charge in [-0.25, -0.2) is 0 Å². The second-order valence-corrected chi connectivity index (χ2v) is 3.74. The van der Waals surface area contributed by atoms with Crippen molar-refractivity contribution in [3.63, 3.8) is 0 Å². The number of carbonyl (C=O) groups excluding carboxylic acids is 1. The van der Waals surface area contributed by atoms with Gasteiger partial charge in [0.1, 0.15) is 5.92 Å². The molecule has 0 aromatic heterocycles. The fourth-order valence-electron chi connectivity index (χ4n) is 1.41. The molecule has 0 aliphatic heterocycles. The van der Waals surface area contributed by atoms with Crippen LogP contribution < -0.4 is 0 Å². The molecule has 1 unspecified atom stereocenters. The molecule has 0 amide bonds. The van der Waals surface area contributed by atoms with Crippen LogP contribution in [0.3, 0.4) is 0 Å². The van der Waals surface area contributed by atoms with Crippen molar-refractivity contribution in [1.29, 1.82) is 0 Å². The molecule has 1 atom stereocenters. The van der Waals surface area contributed by atoms with Crippen LogP contribution in [0, 0.1) is 5.92 Å². The first-order valence-corrected chi connectivity index (χ1v) is 4.85. The number of hydrogen-bond donors (Lipinski definition) is 1. The van der Waals surface area contributed by atoms with E-state index in [4.69, 9.17) is 5.11 Å². The Bertz CT molecular complexity index is 354. The lowest BCUT2D eigenvalue weighted by Gasteiger charge is -2.13. The van der Waals surface area contributed by atoms with E-state index in [1.165, 1.54) is 0 Å². The summed E-state index contributed by atoms with van der Waals surface area (Å²) in [5.41, 5.74) is 0.545. The van der Waals surface area contributed by atoms with Crippen molar-refractivity contribution in [1.82, 2.24) is 0 Å². The van der Waals surface area contributed by atoms with Crippen molar-refractivity contribution >= 4 is 11.8 Å². The third-order valence-electron chi connectivity index (χ3n) is 2.23.